The maximum Gasteiger partial charge on any atom is 0.254 e. The molecule has 164 valence electrons. The van der Waals surface area contributed by atoms with Crippen LogP contribution in [-0.2, 0) is 9.47 Å². The number of aromatic nitrogens is 1. The van der Waals surface area contributed by atoms with Gasteiger partial charge >= 0.3 is 0 Å². The molecule has 2 atom stereocenters. The molecule has 1 aliphatic carbocycles. The van der Waals surface area contributed by atoms with Crippen LogP contribution >= 0.6 is 0 Å². The third kappa shape index (κ3) is 5.58. The zero-order valence-corrected chi connectivity index (χ0v) is 18.8. The second-order valence-corrected chi connectivity index (χ2v) is 9.21. The van der Waals surface area contributed by atoms with Crippen molar-refractivity contribution in [3.8, 4) is 17.6 Å². The summed E-state index contributed by atoms with van der Waals surface area (Å²) in [5.41, 5.74) is 2.55. The van der Waals surface area contributed by atoms with Crippen molar-refractivity contribution in [2.45, 2.75) is 58.3 Å². The second-order valence-electron chi connectivity index (χ2n) is 9.21. The van der Waals surface area contributed by atoms with E-state index in [-0.39, 0.29) is 23.3 Å². The molecule has 0 radical (unpaired) electrons. The van der Waals surface area contributed by atoms with Gasteiger partial charge in [-0.3, -0.25) is 4.79 Å². The minimum atomic E-state index is -0.319. The molecule has 5 heteroatoms. The highest BCUT2D eigenvalue weighted by atomic mass is 16.6. The minimum absolute atomic E-state index is 0.0807. The van der Waals surface area contributed by atoms with Crippen molar-refractivity contribution in [2.75, 3.05) is 19.8 Å². The van der Waals surface area contributed by atoms with Crippen molar-refractivity contribution >= 4 is 0 Å². The molecule has 1 aliphatic heterocycles. The summed E-state index contributed by atoms with van der Waals surface area (Å²) in [5, 5.41) is 0. The summed E-state index contributed by atoms with van der Waals surface area (Å²) < 4.78 is 19.2. The lowest BCUT2D eigenvalue weighted by Crippen LogP contribution is -2.45. The van der Waals surface area contributed by atoms with Crippen molar-refractivity contribution < 1.29 is 14.2 Å². The molecular weight excluding hydrogens is 390 g/mol. The molecule has 31 heavy (non-hydrogen) atoms. The van der Waals surface area contributed by atoms with Gasteiger partial charge in [-0.2, -0.15) is 0 Å². The predicted octanol–water partition coefficient (Wildman–Crippen LogP) is 4.10. The molecule has 1 aromatic heterocycles. The molecule has 1 aromatic carbocycles. The lowest BCUT2D eigenvalue weighted by atomic mass is 10.1. The van der Waals surface area contributed by atoms with Crippen LogP contribution in [0.5, 0.6) is 5.75 Å². The van der Waals surface area contributed by atoms with Crippen LogP contribution in [0.2, 0.25) is 0 Å². The molecule has 0 N–H and O–H groups in total. The number of aryl methyl sites for hydroxylation is 1. The van der Waals surface area contributed by atoms with Crippen LogP contribution in [0.1, 0.15) is 56.5 Å². The van der Waals surface area contributed by atoms with E-state index in [0.29, 0.717) is 31.5 Å². The molecule has 1 saturated heterocycles. The van der Waals surface area contributed by atoms with Gasteiger partial charge in [0.1, 0.15) is 18.5 Å². The Morgan fingerprint density at radius 2 is 1.97 bits per heavy atom. The molecule has 2 aliphatic rings. The van der Waals surface area contributed by atoms with E-state index in [2.05, 4.69) is 24.0 Å². The summed E-state index contributed by atoms with van der Waals surface area (Å²) in [4.78, 5) is 12.9. The summed E-state index contributed by atoms with van der Waals surface area (Å²) in [6.07, 6.45) is 2.30. The van der Waals surface area contributed by atoms with Gasteiger partial charge < -0.3 is 18.8 Å². The first-order chi connectivity index (χ1) is 14.8. The van der Waals surface area contributed by atoms with E-state index in [1.54, 1.807) is 10.6 Å². The summed E-state index contributed by atoms with van der Waals surface area (Å²) in [5.74, 6) is 7.66. The second kappa shape index (κ2) is 8.90. The minimum Gasteiger partial charge on any atom is -0.491 e. The van der Waals surface area contributed by atoms with Gasteiger partial charge in [-0.25, -0.2) is 0 Å². The van der Waals surface area contributed by atoms with Crippen molar-refractivity contribution in [1.82, 2.24) is 4.57 Å². The molecule has 2 aromatic rings. The molecule has 4 rings (SSSR count). The Bertz CT molecular complexity index is 1040. The molecule has 0 bridgehead atoms. The fraction of sp³-hybridized carbons (Fsp3) is 0.500. The van der Waals surface area contributed by atoms with Crippen molar-refractivity contribution in [2.24, 2.45) is 5.92 Å². The highest BCUT2D eigenvalue weighted by Crippen LogP contribution is 2.28. The molecule has 1 saturated carbocycles. The van der Waals surface area contributed by atoms with E-state index in [1.807, 2.05) is 45.9 Å². The lowest BCUT2D eigenvalue weighted by molar-refractivity contribution is -0.189. The normalized spacial score (nSPS) is 21.1. The summed E-state index contributed by atoms with van der Waals surface area (Å²) in [6.45, 7) is 9.39. The van der Waals surface area contributed by atoms with Gasteiger partial charge in [-0.05, 0) is 64.3 Å². The van der Waals surface area contributed by atoms with Crippen LogP contribution < -0.4 is 10.3 Å². The lowest BCUT2D eigenvalue weighted by Gasteiger charge is -2.35. The zero-order valence-electron chi connectivity index (χ0n) is 18.8. The van der Waals surface area contributed by atoms with Crippen LogP contribution in [0.3, 0.4) is 0 Å². The zero-order chi connectivity index (χ0) is 22.0. The Morgan fingerprint density at radius 3 is 2.61 bits per heavy atom. The van der Waals surface area contributed by atoms with Crippen LogP contribution in [0.15, 0.2) is 41.2 Å². The molecule has 0 spiro atoms. The van der Waals surface area contributed by atoms with Crippen molar-refractivity contribution in [3.63, 3.8) is 0 Å². The van der Waals surface area contributed by atoms with Gasteiger partial charge in [0.15, 0.2) is 0 Å². The molecule has 2 fully saturated rings. The molecular formula is C26H31NO4. The maximum atomic E-state index is 12.9. The largest absolute Gasteiger partial charge is 0.491 e. The average molecular weight is 422 g/mol. The summed E-state index contributed by atoms with van der Waals surface area (Å²) in [7, 11) is 0. The number of ether oxygens (including phenoxy) is 3. The van der Waals surface area contributed by atoms with Crippen LogP contribution in [0.25, 0.3) is 0 Å². The highest BCUT2D eigenvalue weighted by molar-refractivity contribution is 5.38. The van der Waals surface area contributed by atoms with Crippen LogP contribution in [0.4, 0.5) is 0 Å². The predicted molar refractivity (Wildman–Crippen MR) is 121 cm³/mol. The third-order valence-corrected chi connectivity index (χ3v) is 5.69. The van der Waals surface area contributed by atoms with Gasteiger partial charge in [0, 0.05) is 23.2 Å². The van der Waals surface area contributed by atoms with E-state index >= 15 is 0 Å². The Labute approximate surface area is 184 Å². The Kier molecular flexibility index (Phi) is 6.22. The van der Waals surface area contributed by atoms with E-state index in [1.165, 1.54) is 12.8 Å². The average Bonchev–Trinajstić information content (AvgIpc) is 3.54. The van der Waals surface area contributed by atoms with E-state index < -0.39 is 0 Å². The summed E-state index contributed by atoms with van der Waals surface area (Å²) >= 11 is 0. The number of hydrogen-bond donors (Lipinski definition) is 0. The molecule has 0 amide bonds. The van der Waals surface area contributed by atoms with E-state index in [9.17, 15) is 4.79 Å². The third-order valence-electron chi connectivity index (χ3n) is 5.69. The van der Waals surface area contributed by atoms with Gasteiger partial charge in [-0.1, -0.05) is 24.0 Å². The number of benzene rings is 1. The fourth-order valence-electron chi connectivity index (χ4n) is 3.90. The van der Waals surface area contributed by atoms with Gasteiger partial charge in [0.05, 0.1) is 24.9 Å². The van der Waals surface area contributed by atoms with Crippen molar-refractivity contribution in [3.05, 3.63) is 63.6 Å². The molecule has 5 nitrogen and oxygen atoms in total. The number of rotatable bonds is 5. The number of nitrogens with zero attached hydrogens (tertiary/aromatic N) is 1. The van der Waals surface area contributed by atoms with Gasteiger partial charge in [0.2, 0.25) is 0 Å². The van der Waals surface area contributed by atoms with Crippen LogP contribution in [-0.4, -0.2) is 36.1 Å². The van der Waals surface area contributed by atoms with Gasteiger partial charge in [0.25, 0.3) is 5.56 Å². The topological polar surface area (TPSA) is 49.7 Å². The maximum absolute atomic E-state index is 12.9. The van der Waals surface area contributed by atoms with E-state index in [0.717, 1.165) is 16.8 Å². The summed E-state index contributed by atoms with van der Waals surface area (Å²) in [6, 6.07) is 11.6. The van der Waals surface area contributed by atoms with Gasteiger partial charge in [-0.15, -0.1) is 0 Å². The monoisotopic (exact) mass is 421 g/mol. The standard InChI is InChI=1S/C26H31NO4/c1-18-13-23(30-16-24-15-29-17-26(3,4)31-24)14-25(28)27(18)19(2)22-11-9-21(10-12-22)8-7-20-5-6-20/h9-14,19-20,24H,5-6,15-17H2,1-4H3/t19-,24?/m1/s1. The van der Waals surface area contributed by atoms with Crippen LogP contribution in [0, 0.1) is 24.7 Å². The smallest absolute Gasteiger partial charge is 0.254 e. The number of hydrogen-bond acceptors (Lipinski definition) is 4. The SMILES string of the molecule is Cc1cc(OCC2COCC(C)(C)O2)cc(=O)n1[C@H](C)c1ccc(C#CC2CC2)cc1. The highest BCUT2D eigenvalue weighted by Gasteiger charge is 2.29. The molecule has 1 unspecified atom stereocenters. The number of pyridine rings is 1. The fourth-order valence-corrected chi connectivity index (χ4v) is 3.90. The molecule has 2 heterocycles. The first-order valence-electron chi connectivity index (χ1n) is 11.0. The van der Waals surface area contributed by atoms with Crippen molar-refractivity contribution in [1.29, 1.82) is 0 Å². The Morgan fingerprint density at radius 1 is 1.23 bits per heavy atom. The van der Waals surface area contributed by atoms with E-state index in [4.69, 9.17) is 14.2 Å². The quantitative estimate of drug-likeness (QED) is 0.682. The Hall–Kier alpha value is -2.55. The Balaban J connectivity index is 1.44. The first kappa shape index (κ1) is 21.7. The first-order valence-corrected chi connectivity index (χ1v) is 11.0.